The van der Waals surface area contributed by atoms with Gasteiger partial charge < -0.3 is 5.32 Å². The third-order valence-electron chi connectivity index (χ3n) is 3.11. The number of benzene rings is 1. The largest absolute Gasteiger partial charge is 0.314 e. The number of hydrogen-bond acceptors (Lipinski definition) is 1. The van der Waals surface area contributed by atoms with Crippen LogP contribution in [0.2, 0.25) is 0 Å². The molecule has 1 atom stereocenters. The highest BCUT2D eigenvalue weighted by Crippen LogP contribution is 2.13. The molecule has 90 valence electrons. The Hall–Kier alpha value is -0.600. The molecule has 16 heavy (non-hydrogen) atoms. The Bertz CT molecular complexity index is 293. The second kappa shape index (κ2) is 6.87. The molecule has 0 aliphatic carbocycles. The summed E-state index contributed by atoms with van der Waals surface area (Å²) in [6.45, 7) is 1.16. The van der Waals surface area contributed by atoms with E-state index in [2.05, 4.69) is 5.32 Å². The zero-order valence-corrected chi connectivity index (χ0v) is 10.2. The summed E-state index contributed by atoms with van der Waals surface area (Å²) in [7, 11) is 0. The molecular formula is C13H19ClFN. The standard InChI is InChI=1S/C13H18FN.ClH/c14-12-7-4-11(5-8-12)6-9-13-3-1-2-10-15-13;/h4-5,7-8,13,15H,1-3,6,9-10H2;1H. The first-order chi connectivity index (χ1) is 7.34. The topological polar surface area (TPSA) is 12.0 Å². The van der Waals surface area contributed by atoms with Crippen molar-refractivity contribution in [3.05, 3.63) is 35.6 Å². The van der Waals surface area contributed by atoms with E-state index >= 15 is 0 Å². The van der Waals surface area contributed by atoms with Gasteiger partial charge in [0.15, 0.2) is 0 Å². The first kappa shape index (κ1) is 13.5. The van der Waals surface area contributed by atoms with Gasteiger partial charge in [-0.05, 0) is 49.9 Å². The van der Waals surface area contributed by atoms with Crippen LogP contribution >= 0.6 is 12.4 Å². The molecule has 1 aliphatic heterocycles. The Labute approximate surface area is 103 Å². The van der Waals surface area contributed by atoms with Gasteiger partial charge >= 0.3 is 0 Å². The number of aryl methyl sites for hydroxylation is 1. The quantitative estimate of drug-likeness (QED) is 0.859. The summed E-state index contributed by atoms with van der Waals surface area (Å²) < 4.78 is 12.7. The van der Waals surface area contributed by atoms with Crippen LogP contribution in [0.15, 0.2) is 24.3 Å². The average molecular weight is 244 g/mol. The lowest BCUT2D eigenvalue weighted by atomic mass is 9.98. The van der Waals surface area contributed by atoms with Crippen LogP contribution in [0.5, 0.6) is 0 Å². The molecule has 0 radical (unpaired) electrons. The molecule has 1 saturated heterocycles. The molecule has 0 saturated carbocycles. The van der Waals surface area contributed by atoms with Crippen molar-refractivity contribution >= 4 is 12.4 Å². The lowest BCUT2D eigenvalue weighted by Gasteiger charge is -2.23. The van der Waals surface area contributed by atoms with Crippen LogP contribution in [0.3, 0.4) is 0 Å². The summed E-state index contributed by atoms with van der Waals surface area (Å²) in [4.78, 5) is 0. The van der Waals surface area contributed by atoms with Crippen molar-refractivity contribution in [1.29, 1.82) is 0 Å². The predicted octanol–water partition coefficient (Wildman–Crippen LogP) is 3.32. The summed E-state index contributed by atoms with van der Waals surface area (Å²) in [6.07, 6.45) is 6.18. The minimum Gasteiger partial charge on any atom is -0.314 e. The fourth-order valence-corrected chi connectivity index (χ4v) is 2.16. The van der Waals surface area contributed by atoms with Gasteiger partial charge in [-0.2, -0.15) is 0 Å². The molecule has 1 nitrogen and oxygen atoms in total. The predicted molar refractivity (Wildman–Crippen MR) is 67.6 cm³/mol. The molecule has 1 aromatic carbocycles. The van der Waals surface area contributed by atoms with E-state index in [-0.39, 0.29) is 18.2 Å². The molecule has 0 spiro atoms. The highest BCUT2D eigenvalue weighted by molar-refractivity contribution is 5.85. The summed E-state index contributed by atoms with van der Waals surface area (Å²) in [5, 5.41) is 3.53. The zero-order chi connectivity index (χ0) is 10.5. The Morgan fingerprint density at radius 3 is 2.56 bits per heavy atom. The summed E-state index contributed by atoms with van der Waals surface area (Å²) in [5.41, 5.74) is 1.24. The van der Waals surface area contributed by atoms with Gasteiger partial charge in [-0.15, -0.1) is 12.4 Å². The van der Waals surface area contributed by atoms with E-state index in [1.165, 1.54) is 31.2 Å². The average Bonchev–Trinajstić information content (AvgIpc) is 2.30. The van der Waals surface area contributed by atoms with Crippen molar-refractivity contribution in [3.63, 3.8) is 0 Å². The molecule has 2 rings (SSSR count). The van der Waals surface area contributed by atoms with Crippen LogP contribution in [-0.4, -0.2) is 12.6 Å². The molecule has 1 fully saturated rings. The first-order valence-electron chi connectivity index (χ1n) is 5.82. The lowest BCUT2D eigenvalue weighted by molar-refractivity contribution is 0.383. The monoisotopic (exact) mass is 243 g/mol. The molecule has 1 unspecified atom stereocenters. The summed E-state index contributed by atoms with van der Waals surface area (Å²) in [6, 6.07) is 7.53. The molecule has 3 heteroatoms. The van der Waals surface area contributed by atoms with Gasteiger partial charge in [-0.1, -0.05) is 18.6 Å². The van der Waals surface area contributed by atoms with E-state index in [4.69, 9.17) is 0 Å². The maximum atomic E-state index is 12.7. The number of nitrogens with one attached hydrogen (secondary N) is 1. The number of piperidine rings is 1. The minimum atomic E-state index is -0.144. The first-order valence-corrected chi connectivity index (χ1v) is 5.82. The van der Waals surface area contributed by atoms with Gasteiger partial charge in [0.25, 0.3) is 0 Å². The molecular weight excluding hydrogens is 225 g/mol. The third-order valence-corrected chi connectivity index (χ3v) is 3.11. The normalized spacial score (nSPS) is 20.2. The van der Waals surface area contributed by atoms with E-state index in [1.54, 1.807) is 12.1 Å². The van der Waals surface area contributed by atoms with Crippen molar-refractivity contribution in [3.8, 4) is 0 Å². The second-order valence-electron chi connectivity index (χ2n) is 4.31. The van der Waals surface area contributed by atoms with E-state index in [1.807, 2.05) is 12.1 Å². The van der Waals surface area contributed by atoms with E-state index in [0.29, 0.717) is 6.04 Å². The second-order valence-corrected chi connectivity index (χ2v) is 4.31. The fourth-order valence-electron chi connectivity index (χ4n) is 2.16. The Kier molecular flexibility index (Phi) is 5.78. The SMILES string of the molecule is Cl.Fc1ccc(CCC2CCCCN2)cc1. The minimum absolute atomic E-state index is 0. The van der Waals surface area contributed by atoms with Crippen molar-refractivity contribution in [2.75, 3.05) is 6.54 Å². The van der Waals surface area contributed by atoms with Gasteiger partial charge in [0.05, 0.1) is 0 Å². The van der Waals surface area contributed by atoms with Gasteiger partial charge in [0.2, 0.25) is 0 Å². The van der Waals surface area contributed by atoms with Crippen LogP contribution in [0.4, 0.5) is 4.39 Å². The van der Waals surface area contributed by atoms with Crippen LogP contribution in [0, 0.1) is 5.82 Å². The van der Waals surface area contributed by atoms with Gasteiger partial charge in [0, 0.05) is 6.04 Å². The van der Waals surface area contributed by atoms with Crippen molar-refractivity contribution in [1.82, 2.24) is 5.32 Å². The van der Waals surface area contributed by atoms with Crippen LogP contribution in [-0.2, 0) is 6.42 Å². The Balaban J connectivity index is 0.00000128. The van der Waals surface area contributed by atoms with Crippen molar-refractivity contribution < 1.29 is 4.39 Å². The van der Waals surface area contributed by atoms with Crippen LogP contribution in [0.25, 0.3) is 0 Å². The molecule has 0 bridgehead atoms. The zero-order valence-electron chi connectivity index (χ0n) is 9.42. The van der Waals surface area contributed by atoms with Crippen molar-refractivity contribution in [2.24, 2.45) is 0 Å². The maximum absolute atomic E-state index is 12.7. The van der Waals surface area contributed by atoms with Crippen molar-refractivity contribution in [2.45, 2.75) is 38.1 Å². The number of halogens is 2. The molecule has 1 aromatic rings. The van der Waals surface area contributed by atoms with Crippen LogP contribution in [0.1, 0.15) is 31.2 Å². The fraction of sp³-hybridized carbons (Fsp3) is 0.538. The maximum Gasteiger partial charge on any atom is 0.123 e. The summed E-state index contributed by atoms with van der Waals surface area (Å²) >= 11 is 0. The molecule has 1 aliphatic rings. The molecule has 1 N–H and O–H groups in total. The molecule has 0 aromatic heterocycles. The highest BCUT2D eigenvalue weighted by atomic mass is 35.5. The van der Waals surface area contributed by atoms with Gasteiger partial charge in [-0.25, -0.2) is 4.39 Å². The highest BCUT2D eigenvalue weighted by Gasteiger charge is 2.11. The van der Waals surface area contributed by atoms with E-state index < -0.39 is 0 Å². The molecule has 0 amide bonds. The molecule has 1 heterocycles. The van der Waals surface area contributed by atoms with Gasteiger partial charge in [-0.3, -0.25) is 0 Å². The smallest absolute Gasteiger partial charge is 0.123 e. The third kappa shape index (κ3) is 4.11. The van der Waals surface area contributed by atoms with Crippen LogP contribution < -0.4 is 5.32 Å². The number of hydrogen-bond donors (Lipinski definition) is 1. The Morgan fingerprint density at radius 2 is 1.94 bits per heavy atom. The lowest BCUT2D eigenvalue weighted by Crippen LogP contribution is -2.34. The van der Waals surface area contributed by atoms with E-state index in [9.17, 15) is 4.39 Å². The van der Waals surface area contributed by atoms with Gasteiger partial charge in [0.1, 0.15) is 5.82 Å². The summed E-state index contributed by atoms with van der Waals surface area (Å²) in [5.74, 6) is -0.144. The Morgan fingerprint density at radius 1 is 1.19 bits per heavy atom. The van der Waals surface area contributed by atoms with E-state index in [0.717, 1.165) is 13.0 Å². The number of rotatable bonds is 3.